The van der Waals surface area contributed by atoms with Crippen LogP contribution in [0.5, 0.6) is 0 Å². The predicted octanol–water partition coefficient (Wildman–Crippen LogP) is 1.99. The molecule has 0 aromatic carbocycles. The van der Waals surface area contributed by atoms with Gasteiger partial charge in [0.15, 0.2) is 5.96 Å². The minimum absolute atomic E-state index is 0. The van der Waals surface area contributed by atoms with Crippen LogP contribution in [0.15, 0.2) is 29.5 Å². The van der Waals surface area contributed by atoms with Crippen molar-refractivity contribution < 1.29 is 4.74 Å². The van der Waals surface area contributed by atoms with Crippen LogP contribution in [0.25, 0.3) is 0 Å². The highest BCUT2D eigenvalue weighted by Gasteiger charge is 2.15. The molecule has 1 rings (SSSR count). The predicted molar refractivity (Wildman–Crippen MR) is 93.6 cm³/mol. The second-order valence-electron chi connectivity index (χ2n) is 4.78. The average molecular weight is 392 g/mol. The summed E-state index contributed by atoms with van der Waals surface area (Å²) >= 11 is 0. The lowest BCUT2D eigenvalue weighted by Gasteiger charge is -2.19. The van der Waals surface area contributed by atoms with E-state index >= 15 is 0 Å². The minimum Gasteiger partial charge on any atom is -0.383 e. The van der Waals surface area contributed by atoms with Gasteiger partial charge >= 0.3 is 0 Å². The molecule has 0 aliphatic heterocycles. The van der Waals surface area contributed by atoms with Crippen LogP contribution < -0.4 is 11.1 Å². The van der Waals surface area contributed by atoms with E-state index in [-0.39, 0.29) is 24.0 Å². The quantitative estimate of drug-likeness (QED) is 0.322. The van der Waals surface area contributed by atoms with Gasteiger partial charge in [0.25, 0.3) is 0 Å². The van der Waals surface area contributed by atoms with Crippen molar-refractivity contribution in [2.45, 2.75) is 19.8 Å². The van der Waals surface area contributed by atoms with E-state index in [9.17, 15) is 0 Å². The topological polar surface area (TPSA) is 72.5 Å². The van der Waals surface area contributed by atoms with Crippen LogP contribution >= 0.6 is 24.0 Å². The fourth-order valence-corrected chi connectivity index (χ4v) is 1.83. The molecule has 0 amide bonds. The average Bonchev–Trinajstić information content (AvgIpc) is 2.40. The molecular formula is C14H25IN4O. The number of aromatic nitrogens is 1. The van der Waals surface area contributed by atoms with Gasteiger partial charge in [0.1, 0.15) is 0 Å². The van der Waals surface area contributed by atoms with Gasteiger partial charge in [-0.15, -0.1) is 24.0 Å². The van der Waals surface area contributed by atoms with Crippen molar-refractivity contribution in [2.24, 2.45) is 16.6 Å². The molecule has 3 N–H and O–H groups in total. The van der Waals surface area contributed by atoms with E-state index in [1.165, 1.54) is 5.56 Å². The molecule has 1 heterocycles. The standard InChI is InChI=1S/C14H24N4O.HI/c1-11(2)13(12-5-4-6-16-9-12)10-18-14(15)17-7-8-19-3;/h4-6,9,11,13H,7-8,10H2,1-3H3,(H3,15,17,18);1H. The fraction of sp³-hybridized carbons (Fsp3) is 0.571. The van der Waals surface area contributed by atoms with Gasteiger partial charge in [-0.2, -0.15) is 0 Å². The van der Waals surface area contributed by atoms with Crippen molar-refractivity contribution >= 4 is 29.9 Å². The maximum absolute atomic E-state index is 5.81. The number of pyridine rings is 1. The molecule has 0 saturated carbocycles. The van der Waals surface area contributed by atoms with E-state index in [2.05, 4.69) is 35.2 Å². The maximum atomic E-state index is 5.81. The van der Waals surface area contributed by atoms with Crippen molar-refractivity contribution in [3.05, 3.63) is 30.1 Å². The number of nitrogens with zero attached hydrogens (tertiary/aromatic N) is 2. The molecule has 0 bridgehead atoms. The van der Waals surface area contributed by atoms with Gasteiger partial charge in [-0.05, 0) is 17.5 Å². The van der Waals surface area contributed by atoms with Gasteiger partial charge in [0.05, 0.1) is 6.61 Å². The van der Waals surface area contributed by atoms with Gasteiger partial charge in [0, 0.05) is 38.5 Å². The Bertz CT molecular complexity index is 384. The summed E-state index contributed by atoms with van der Waals surface area (Å²) in [7, 11) is 1.66. The van der Waals surface area contributed by atoms with E-state index in [4.69, 9.17) is 10.5 Å². The van der Waals surface area contributed by atoms with Crippen LogP contribution in [0.3, 0.4) is 0 Å². The molecule has 114 valence electrons. The normalized spacial score (nSPS) is 12.9. The molecule has 1 aromatic rings. The monoisotopic (exact) mass is 392 g/mol. The first-order chi connectivity index (χ1) is 9.15. The zero-order chi connectivity index (χ0) is 14.1. The lowest BCUT2D eigenvalue weighted by Crippen LogP contribution is -2.34. The Hall–Kier alpha value is -0.890. The van der Waals surface area contributed by atoms with Gasteiger partial charge in [-0.1, -0.05) is 19.9 Å². The number of hydrogen-bond donors (Lipinski definition) is 2. The summed E-state index contributed by atoms with van der Waals surface area (Å²) in [6.07, 6.45) is 3.68. The zero-order valence-corrected chi connectivity index (χ0v) is 14.7. The molecule has 0 radical (unpaired) electrons. The highest BCUT2D eigenvalue weighted by Crippen LogP contribution is 2.23. The smallest absolute Gasteiger partial charge is 0.188 e. The largest absolute Gasteiger partial charge is 0.383 e. The number of ether oxygens (including phenoxy) is 1. The summed E-state index contributed by atoms with van der Waals surface area (Å²) in [5, 5.41) is 3.02. The molecule has 0 spiro atoms. The van der Waals surface area contributed by atoms with Crippen molar-refractivity contribution in [1.29, 1.82) is 0 Å². The third-order valence-corrected chi connectivity index (χ3v) is 2.99. The third kappa shape index (κ3) is 7.04. The lowest BCUT2D eigenvalue weighted by atomic mass is 9.89. The first-order valence-electron chi connectivity index (χ1n) is 6.57. The van der Waals surface area contributed by atoms with Crippen LogP contribution in [0.1, 0.15) is 25.3 Å². The summed E-state index contributed by atoms with van der Waals surface area (Å²) in [6, 6.07) is 4.04. The van der Waals surface area contributed by atoms with Gasteiger partial charge in [-0.25, -0.2) is 0 Å². The SMILES string of the molecule is COCCNC(N)=NCC(c1cccnc1)C(C)C.I. The number of methoxy groups -OCH3 is 1. The lowest BCUT2D eigenvalue weighted by molar-refractivity contribution is 0.204. The van der Waals surface area contributed by atoms with Crippen LogP contribution in [0, 0.1) is 5.92 Å². The first-order valence-corrected chi connectivity index (χ1v) is 6.57. The van der Waals surface area contributed by atoms with E-state index in [0.717, 1.165) is 0 Å². The Morgan fingerprint density at radius 2 is 2.25 bits per heavy atom. The molecule has 0 aliphatic rings. The minimum atomic E-state index is 0. The van der Waals surface area contributed by atoms with E-state index in [1.807, 2.05) is 12.3 Å². The molecule has 0 aliphatic carbocycles. The van der Waals surface area contributed by atoms with E-state index in [0.29, 0.717) is 37.5 Å². The molecular weight excluding hydrogens is 367 g/mol. The molecule has 0 fully saturated rings. The van der Waals surface area contributed by atoms with Gasteiger partial charge in [0.2, 0.25) is 0 Å². The van der Waals surface area contributed by atoms with Crippen LogP contribution in [-0.4, -0.2) is 37.7 Å². The Balaban J connectivity index is 0.00000361. The summed E-state index contributed by atoms with van der Waals surface area (Å²) in [6.45, 7) is 6.32. The Kier molecular flexibility index (Phi) is 10.4. The first kappa shape index (κ1) is 19.1. The Morgan fingerprint density at radius 3 is 2.80 bits per heavy atom. The highest BCUT2D eigenvalue weighted by atomic mass is 127. The van der Waals surface area contributed by atoms with Crippen molar-refractivity contribution in [3.63, 3.8) is 0 Å². The van der Waals surface area contributed by atoms with Crippen LogP contribution in [0.2, 0.25) is 0 Å². The number of guanidine groups is 1. The summed E-state index contributed by atoms with van der Waals surface area (Å²) in [4.78, 5) is 8.56. The molecule has 0 saturated heterocycles. The number of halogens is 1. The Morgan fingerprint density at radius 1 is 1.50 bits per heavy atom. The highest BCUT2D eigenvalue weighted by molar-refractivity contribution is 14.0. The Labute approximate surface area is 138 Å². The molecule has 1 atom stereocenters. The molecule has 1 unspecified atom stereocenters. The van der Waals surface area contributed by atoms with Crippen LogP contribution in [0.4, 0.5) is 0 Å². The summed E-state index contributed by atoms with van der Waals surface area (Å²) < 4.78 is 4.94. The number of rotatable bonds is 7. The number of hydrogen-bond acceptors (Lipinski definition) is 3. The number of nitrogens with one attached hydrogen (secondary N) is 1. The molecule has 1 aromatic heterocycles. The van der Waals surface area contributed by atoms with Crippen LogP contribution in [-0.2, 0) is 4.74 Å². The number of aliphatic imine (C=N–C) groups is 1. The van der Waals surface area contributed by atoms with Crippen molar-refractivity contribution in [2.75, 3.05) is 26.8 Å². The van der Waals surface area contributed by atoms with E-state index in [1.54, 1.807) is 13.3 Å². The summed E-state index contributed by atoms with van der Waals surface area (Å²) in [5.74, 6) is 1.28. The fourth-order valence-electron chi connectivity index (χ4n) is 1.83. The van der Waals surface area contributed by atoms with Crippen molar-refractivity contribution in [3.8, 4) is 0 Å². The van der Waals surface area contributed by atoms with Crippen molar-refractivity contribution in [1.82, 2.24) is 10.3 Å². The van der Waals surface area contributed by atoms with Gasteiger partial charge in [-0.3, -0.25) is 9.98 Å². The zero-order valence-electron chi connectivity index (χ0n) is 12.4. The molecule has 6 heteroatoms. The van der Waals surface area contributed by atoms with Gasteiger partial charge < -0.3 is 15.8 Å². The summed E-state index contributed by atoms with van der Waals surface area (Å²) in [5.41, 5.74) is 7.01. The van der Waals surface area contributed by atoms with E-state index < -0.39 is 0 Å². The maximum Gasteiger partial charge on any atom is 0.188 e. The second kappa shape index (κ2) is 10.8. The third-order valence-electron chi connectivity index (χ3n) is 2.99. The molecule has 20 heavy (non-hydrogen) atoms. The number of nitrogens with two attached hydrogens (primary N) is 1. The molecule has 5 nitrogen and oxygen atoms in total. The second-order valence-corrected chi connectivity index (χ2v) is 4.78.